The summed E-state index contributed by atoms with van der Waals surface area (Å²) in [6.07, 6.45) is -0.891. The number of carboxylic acids is 1. The molecular formula is C72H128N24O19+2. The molecule has 0 aromatic rings. The van der Waals surface area contributed by atoms with Gasteiger partial charge in [-0.2, -0.15) is 0 Å². The number of aldehydes is 1. The van der Waals surface area contributed by atoms with Gasteiger partial charge in [-0.25, -0.2) is 0 Å². The Kier molecular flexibility index (Phi) is 41.3. The lowest BCUT2D eigenvalue weighted by molar-refractivity contribution is -0.415. The van der Waals surface area contributed by atoms with E-state index >= 15 is 0 Å². The maximum absolute atomic E-state index is 14.7. The summed E-state index contributed by atoms with van der Waals surface area (Å²) in [6.45, 7) is 11.4. The van der Waals surface area contributed by atoms with Gasteiger partial charge < -0.3 is 129 Å². The second kappa shape index (κ2) is 48.6. The highest BCUT2D eigenvalue weighted by Crippen LogP contribution is 2.30. The number of carboxylic acid groups (broad SMARTS) is 1. The number of hydrogen-bond acceptors (Lipinski definition) is 24. The van der Waals surface area contributed by atoms with Crippen LogP contribution in [-0.4, -0.2) is 274 Å². The van der Waals surface area contributed by atoms with E-state index in [1.165, 1.54) is 19.6 Å². The molecule has 4 aliphatic rings. The summed E-state index contributed by atoms with van der Waals surface area (Å²) in [5, 5.41) is 38.1. The molecule has 4 heterocycles. The van der Waals surface area contributed by atoms with Gasteiger partial charge in [-0.1, -0.05) is 41.5 Å². The molecule has 4 rings (SSSR count). The Bertz CT molecular complexity index is 3390. The molecule has 0 saturated carbocycles. The van der Waals surface area contributed by atoms with E-state index in [2.05, 4.69) is 70.0 Å². The van der Waals surface area contributed by atoms with Crippen molar-refractivity contribution in [2.45, 2.75) is 280 Å². The van der Waals surface area contributed by atoms with Crippen LogP contribution in [0.4, 0.5) is 0 Å². The third-order valence-electron chi connectivity index (χ3n) is 20.8. The molecule has 648 valence electrons. The predicted molar refractivity (Wildman–Crippen MR) is 412 cm³/mol. The Balaban J connectivity index is 1.54. The molecule has 0 bridgehead atoms. The van der Waals surface area contributed by atoms with E-state index in [9.17, 15) is 91.4 Å². The number of likely N-dealkylation sites (tertiary alicyclic amines) is 4. The molecule has 4 fully saturated rings. The molecule has 4 saturated heterocycles. The molecule has 4 aliphatic heterocycles. The quantitative estimate of drug-likeness (QED) is 0.0153. The number of hydrogen-bond donors (Lipinski definition) is 21. The normalized spacial score (nSPS) is 19.7. The van der Waals surface area contributed by atoms with E-state index in [-0.39, 0.29) is 128 Å². The molecule has 0 aromatic carbocycles. The van der Waals surface area contributed by atoms with Crippen LogP contribution in [0.2, 0.25) is 0 Å². The first-order valence-electron chi connectivity index (χ1n) is 39.8. The third-order valence-corrected chi connectivity index (χ3v) is 20.8. The van der Waals surface area contributed by atoms with E-state index in [0.29, 0.717) is 57.8 Å². The smallest absolute Gasteiger partial charge is 0.305 e. The number of carbonyl (C=O) groups excluding carboxylic acids is 17. The molecule has 0 spiro atoms. The zero-order chi connectivity index (χ0) is 86.1. The van der Waals surface area contributed by atoms with Crippen molar-refractivity contribution in [3.63, 3.8) is 0 Å². The van der Waals surface area contributed by atoms with Crippen LogP contribution in [0.15, 0.2) is 0 Å². The highest BCUT2D eigenvalue weighted by Gasteiger charge is 2.48. The Hall–Kier alpha value is -9.66. The van der Waals surface area contributed by atoms with E-state index in [4.69, 9.17) is 40.1 Å². The van der Waals surface area contributed by atoms with Crippen LogP contribution in [0, 0.1) is 17.8 Å². The second-order valence-corrected chi connectivity index (χ2v) is 30.8. The SMILES string of the molecule is CC[C@H](C)[C@H]([NH3+])C(=O)N[C@@H](CCC(N)=O)C(=O)N1CCC[C@H]1C(=O)N1CCC[C@H]1C(=O)N1CCC[C@H]1C(=O)N[C@H](C(=O)N[C@@H](CC(N)=O)C(=O)N[C@@H](CCCNC(N)N)C(=O)N[C@@H](CC(N)=O)C(=O)N[C@@H](CC(C)C)C(=O)N[C@@H](CCCC[NH3+])C(=O)N1CCC[C@H]1C(=O)N[C@@H](CC(=O)O)C(=O)N[C@H](C=O)CCCNC(N)N)C(C)C. The summed E-state index contributed by atoms with van der Waals surface area (Å²) in [7, 11) is 0. The van der Waals surface area contributed by atoms with Crippen LogP contribution in [-0.2, 0) is 86.3 Å². The van der Waals surface area contributed by atoms with Gasteiger partial charge in [-0.05, 0) is 141 Å². The van der Waals surface area contributed by atoms with Gasteiger partial charge in [0, 0.05) is 38.5 Å². The lowest BCUT2D eigenvalue weighted by Crippen LogP contribution is -2.71. The monoisotopic (exact) mass is 1630 g/mol. The van der Waals surface area contributed by atoms with Crippen LogP contribution >= 0.6 is 0 Å². The van der Waals surface area contributed by atoms with Gasteiger partial charge in [-0.15, -0.1) is 0 Å². The maximum Gasteiger partial charge on any atom is 0.305 e. The summed E-state index contributed by atoms with van der Waals surface area (Å²) in [5.41, 5.74) is 46.9. The average molecular weight is 1630 g/mol. The average Bonchev–Trinajstić information content (AvgIpc) is 1.65. The first-order chi connectivity index (χ1) is 54.2. The van der Waals surface area contributed by atoms with Crippen molar-refractivity contribution in [1.82, 2.24) is 78.1 Å². The van der Waals surface area contributed by atoms with Gasteiger partial charge in [0.2, 0.25) is 88.6 Å². The number of nitrogens with zero attached hydrogens (tertiary/aromatic N) is 4. The minimum absolute atomic E-state index is 0.00558. The standard InChI is InChI=1S/C72H126N24O19/c1-7-39(6)56(77)65(110)87-43(23-24-52(74)98)68(113)95-30-14-21-50(95)70(115)96-31-15-22-51(96)69(114)94-29-13-20-49(94)64(109)92-57(38(4)5)66(111)91-46(34-54(76)100)61(106)85-41(18-11-27-83-72(80)81)58(103)89-45(33-53(75)99)62(107)88-44(32-37(2)3)60(105)86-42(17-8-9-25-73)67(112)93-28-12-19-48(93)63(108)90-47(35-55(101)102)59(104)84-40(36-97)16-10-26-82-71(78)79/h36-51,56-57,71-72,82-83H,7-35,73,77-81H2,1-6H3,(H2,74,98)(H2,75,99)(H2,76,100)(H,84,104)(H,85,106)(H,86,105)(H,87,110)(H,88,107)(H,89,103)(H,90,108)(H,91,111)(H,92,109)(H,101,102)/p+2/t39-,40-,41-,42-,43-,44-,45-,46-,47-,48-,49-,50-,51-,56-,57-/m0/s1. The molecule has 0 radical (unpaired) electrons. The van der Waals surface area contributed by atoms with Crippen molar-refractivity contribution in [2.24, 2.45) is 57.9 Å². The fraction of sp³-hybridized carbons (Fsp3) is 0.750. The highest BCUT2D eigenvalue weighted by molar-refractivity contribution is 6.02. The van der Waals surface area contributed by atoms with Crippen LogP contribution < -0.4 is 110 Å². The van der Waals surface area contributed by atoms with Crippen molar-refractivity contribution in [2.75, 3.05) is 45.8 Å². The summed E-state index contributed by atoms with van der Waals surface area (Å²) >= 11 is 0. The lowest BCUT2D eigenvalue weighted by atomic mass is 9.98. The number of amides is 16. The highest BCUT2D eigenvalue weighted by atomic mass is 16.4. The number of quaternary nitrogens is 2. The minimum atomic E-state index is -1.87. The summed E-state index contributed by atoms with van der Waals surface area (Å²) in [4.78, 5) is 253. The lowest BCUT2D eigenvalue weighted by Gasteiger charge is -2.35. The Labute approximate surface area is 668 Å². The number of nitrogens with one attached hydrogen (secondary N) is 11. The summed E-state index contributed by atoms with van der Waals surface area (Å²) in [6, 6.07) is -18.9. The van der Waals surface area contributed by atoms with Gasteiger partial charge in [-0.3, -0.25) is 92.1 Å². The molecule has 16 amide bonds. The summed E-state index contributed by atoms with van der Waals surface area (Å²) in [5.74, 6) is -16.6. The fourth-order valence-corrected chi connectivity index (χ4v) is 14.3. The predicted octanol–water partition coefficient (Wildman–Crippen LogP) is -10.1. The third kappa shape index (κ3) is 31.5. The maximum atomic E-state index is 14.7. The van der Waals surface area contributed by atoms with Crippen LogP contribution in [0.25, 0.3) is 0 Å². The van der Waals surface area contributed by atoms with Crippen molar-refractivity contribution >= 4 is 107 Å². The minimum Gasteiger partial charge on any atom is -0.481 e. The molecule has 43 nitrogen and oxygen atoms in total. The van der Waals surface area contributed by atoms with Crippen LogP contribution in [0.1, 0.15) is 183 Å². The fourth-order valence-electron chi connectivity index (χ4n) is 14.3. The van der Waals surface area contributed by atoms with Gasteiger partial charge >= 0.3 is 5.97 Å². The Morgan fingerprint density at radius 1 is 0.452 bits per heavy atom. The first-order valence-corrected chi connectivity index (χ1v) is 39.8. The Morgan fingerprint density at radius 2 is 0.852 bits per heavy atom. The number of rotatable bonds is 51. The van der Waals surface area contributed by atoms with Crippen molar-refractivity contribution < 1.29 is 103 Å². The molecule has 0 unspecified atom stereocenters. The Morgan fingerprint density at radius 3 is 1.34 bits per heavy atom. The van der Waals surface area contributed by atoms with Crippen molar-refractivity contribution in [3.05, 3.63) is 0 Å². The largest absolute Gasteiger partial charge is 0.481 e. The van der Waals surface area contributed by atoms with Gasteiger partial charge in [0.05, 0.1) is 31.8 Å². The van der Waals surface area contributed by atoms with Crippen molar-refractivity contribution in [1.29, 1.82) is 0 Å². The number of carbonyl (C=O) groups is 18. The molecule has 15 atom stereocenters. The van der Waals surface area contributed by atoms with Crippen LogP contribution in [0.3, 0.4) is 0 Å². The zero-order valence-electron chi connectivity index (χ0n) is 67.1. The van der Waals surface area contributed by atoms with E-state index in [1.54, 1.807) is 27.7 Å². The van der Waals surface area contributed by atoms with Crippen LogP contribution in [0.5, 0.6) is 0 Å². The van der Waals surface area contributed by atoms with Gasteiger partial charge in [0.15, 0.2) is 6.04 Å². The molecule has 32 N–H and O–H groups in total. The number of aliphatic carboxylic acids is 1. The summed E-state index contributed by atoms with van der Waals surface area (Å²) < 4.78 is 0. The number of primary amides is 3. The van der Waals surface area contributed by atoms with Crippen molar-refractivity contribution in [3.8, 4) is 0 Å². The van der Waals surface area contributed by atoms with Gasteiger partial charge in [0.1, 0.15) is 91.4 Å². The topological polar surface area (TPSA) is 710 Å². The number of nitrogens with two attached hydrogens (primary N) is 7. The number of unbranched alkanes of at least 4 members (excludes halogenated alkanes) is 1. The molecule has 43 heteroatoms. The zero-order valence-corrected chi connectivity index (χ0v) is 67.1. The van der Waals surface area contributed by atoms with E-state index in [0.717, 1.165) is 0 Å². The second-order valence-electron chi connectivity index (χ2n) is 30.8. The van der Waals surface area contributed by atoms with E-state index < -0.39 is 223 Å². The molecule has 0 aromatic heterocycles. The first kappa shape index (κ1) is 97.7. The molecule has 0 aliphatic carbocycles. The van der Waals surface area contributed by atoms with E-state index in [1.807, 2.05) is 13.8 Å². The molecule has 115 heavy (non-hydrogen) atoms. The molecular weight excluding hydrogens is 1500 g/mol. The van der Waals surface area contributed by atoms with Gasteiger partial charge in [0.25, 0.3) is 5.91 Å².